The molecule has 0 radical (unpaired) electrons. The van der Waals surface area contributed by atoms with Gasteiger partial charge in [-0.2, -0.15) is 10.1 Å². The zero-order chi connectivity index (χ0) is 20.4. The van der Waals surface area contributed by atoms with Gasteiger partial charge in [0.1, 0.15) is 0 Å². The van der Waals surface area contributed by atoms with Crippen LogP contribution in [0.5, 0.6) is 0 Å². The fraction of sp³-hybridized carbons (Fsp3) is 0.368. The van der Waals surface area contributed by atoms with Crippen LogP contribution in [0.4, 0.5) is 5.95 Å². The number of halogens is 1. The molecule has 8 nitrogen and oxygen atoms in total. The number of aromatic nitrogens is 4. The molecule has 0 atom stereocenters. The molecule has 0 aliphatic heterocycles. The highest BCUT2D eigenvalue weighted by Gasteiger charge is 2.19. The SMILES string of the molecule is CC(C)CCn1c(N/N=C\c2ccccc2Cl)nc2c1c(=O)n(C)c(=O)n2C. The molecule has 0 fully saturated rings. The molecule has 0 aliphatic carbocycles. The molecule has 0 unspecified atom stereocenters. The van der Waals surface area contributed by atoms with Gasteiger partial charge in [-0.15, -0.1) is 0 Å². The fourth-order valence-corrected chi connectivity index (χ4v) is 3.06. The van der Waals surface area contributed by atoms with E-state index in [1.165, 1.54) is 11.6 Å². The van der Waals surface area contributed by atoms with Crippen molar-refractivity contribution in [2.24, 2.45) is 25.1 Å². The lowest BCUT2D eigenvalue weighted by atomic mass is 10.1. The van der Waals surface area contributed by atoms with Gasteiger partial charge in [-0.3, -0.25) is 13.9 Å². The van der Waals surface area contributed by atoms with Gasteiger partial charge in [-0.05, 0) is 18.4 Å². The molecule has 0 aliphatic rings. The molecular formula is C19H23ClN6O2. The molecule has 148 valence electrons. The average molecular weight is 403 g/mol. The number of rotatable bonds is 6. The number of nitrogens with one attached hydrogen (secondary N) is 1. The molecule has 1 aromatic carbocycles. The molecule has 9 heteroatoms. The Morgan fingerprint density at radius 2 is 1.93 bits per heavy atom. The first-order valence-electron chi connectivity index (χ1n) is 9.01. The summed E-state index contributed by atoms with van der Waals surface area (Å²) in [6, 6.07) is 7.33. The minimum absolute atomic E-state index is 0.326. The maximum Gasteiger partial charge on any atom is 0.332 e. The standard InChI is InChI=1S/C19H23ClN6O2/c1-12(2)9-10-26-15-16(24(3)19(28)25(4)17(15)27)22-18(26)23-21-11-13-7-5-6-8-14(13)20/h5-8,11-12H,9-10H2,1-4H3,(H,22,23)/b21-11-. The quantitative estimate of drug-likeness (QED) is 0.507. The van der Waals surface area contributed by atoms with Gasteiger partial charge in [0, 0.05) is 31.2 Å². The lowest BCUT2D eigenvalue weighted by molar-refractivity contribution is 0.524. The Hall–Kier alpha value is -2.87. The van der Waals surface area contributed by atoms with Crippen molar-refractivity contribution in [1.82, 2.24) is 18.7 Å². The van der Waals surface area contributed by atoms with E-state index in [4.69, 9.17) is 11.6 Å². The normalized spacial score (nSPS) is 11.8. The van der Waals surface area contributed by atoms with Gasteiger partial charge in [0.05, 0.1) is 6.21 Å². The Kier molecular flexibility index (Phi) is 5.69. The van der Waals surface area contributed by atoms with E-state index in [9.17, 15) is 9.59 Å². The monoisotopic (exact) mass is 402 g/mol. The topological polar surface area (TPSA) is 86.2 Å². The van der Waals surface area contributed by atoms with Gasteiger partial charge < -0.3 is 4.57 Å². The number of hydrogen-bond donors (Lipinski definition) is 1. The minimum Gasteiger partial charge on any atom is -0.303 e. The number of benzene rings is 1. The van der Waals surface area contributed by atoms with Crippen molar-refractivity contribution in [2.75, 3.05) is 5.43 Å². The second-order valence-corrected chi connectivity index (χ2v) is 7.45. The molecular weight excluding hydrogens is 380 g/mol. The van der Waals surface area contributed by atoms with Crippen LogP contribution in [0.2, 0.25) is 5.02 Å². The number of fused-ring (bicyclic) bond motifs is 1. The van der Waals surface area contributed by atoms with Crippen molar-refractivity contribution in [3.63, 3.8) is 0 Å². The highest BCUT2D eigenvalue weighted by molar-refractivity contribution is 6.33. The summed E-state index contributed by atoms with van der Waals surface area (Å²) in [5, 5.41) is 4.80. The minimum atomic E-state index is -0.419. The zero-order valence-electron chi connectivity index (χ0n) is 16.3. The van der Waals surface area contributed by atoms with E-state index in [0.717, 1.165) is 16.6 Å². The first-order valence-corrected chi connectivity index (χ1v) is 9.39. The largest absolute Gasteiger partial charge is 0.332 e. The highest BCUT2D eigenvalue weighted by atomic mass is 35.5. The molecule has 2 heterocycles. The van der Waals surface area contributed by atoms with Gasteiger partial charge >= 0.3 is 5.69 Å². The maximum absolute atomic E-state index is 12.7. The number of nitrogens with zero attached hydrogens (tertiary/aromatic N) is 5. The number of anilines is 1. The second-order valence-electron chi connectivity index (χ2n) is 7.04. The molecule has 1 N–H and O–H groups in total. The number of aryl methyl sites for hydroxylation is 2. The lowest BCUT2D eigenvalue weighted by Gasteiger charge is -2.10. The van der Waals surface area contributed by atoms with Gasteiger partial charge in [0.25, 0.3) is 5.56 Å². The molecule has 0 bridgehead atoms. The van der Waals surface area contributed by atoms with Crippen molar-refractivity contribution < 1.29 is 0 Å². The molecule has 0 spiro atoms. The Morgan fingerprint density at radius 1 is 1.21 bits per heavy atom. The van der Waals surface area contributed by atoms with E-state index in [1.54, 1.807) is 23.9 Å². The van der Waals surface area contributed by atoms with Crippen molar-refractivity contribution in [3.8, 4) is 0 Å². The van der Waals surface area contributed by atoms with Gasteiger partial charge in [0.2, 0.25) is 5.95 Å². The van der Waals surface area contributed by atoms with Crippen LogP contribution in [-0.4, -0.2) is 24.9 Å². The fourth-order valence-electron chi connectivity index (χ4n) is 2.88. The van der Waals surface area contributed by atoms with Crippen molar-refractivity contribution >= 4 is 34.9 Å². The molecule has 0 saturated heterocycles. The second kappa shape index (κ2) is 8.02. The smallest absolute Gasteiger partial charge is 0.303 e. The van der Waals surface area contributed by atoms with Gasteiger partial charge in [-0.25, -0.2) is 10.2 Å². The Morgan fingerprint density at radius 3 is 2.61 bits per heavy atom. The molecule has 28 heavy (non-hydrogen) atoms. The van der Waals surface area contributed by atoms with E-state index >= 15 is 0 Å². The summed E-state index contributed by atoms with van der Waals surface area (Å²) in [6.45, 7) is 4.79. The third kappa shape index (κ3) is 3.73. The zero-order valence-corrected chi connectivity index (χ0v) is 17.1. The van der Waals surface area contributed by atoms with Crippen LogP contribution < -0.4 is 16.7 Å². The molecule has 0 amide bonds. The van der Waals surface area contributed by atoms with Crippen LogP contribution in [0.1, 0.15) is 25.8 Å². The van der Waals surface area contributed by atoms with E-state index in [1.807, 2.05) is 18.2 Å². The molecule has 3 rings (SSSR count). The summed E-state index contributed by atoms with van der Waals surface area (Å²) >= 11 is 6.14. The van der Waals surface area contributed by atoms with Gasteiger partial charge in [0.15, 0.2) is 11.2 Å². The van der Waals surface area contributed by atoms with Crippen LogP contribution in [0, 0.1) is 5.92 Å². The van der Waals surface area contributed by atoms with Crippen LogP contribution in [0.15, 0.2) is 39.0 Å². The molecule has 2 aromatic heterocycles. The molecule has 3 aromatic rings. The van der Waals surface area contributed by atoms with E-state index in [0.29, 0.717) is 34.6 Å². The van der Waals surface area contributed by atoms with Crippen molar-refractivity contribution in [3.05, 3.63) is 55.7 Å². The Bertz CT molecular complexity index is 1160. The van der Waals surface area contributed by atoms with E-state index in [-0.39, 0.29) is 5.56 Å². The number of hydrazone groups is 1. The van der Waals surface area contributed by atoms with Crippen LogP contribution >= 0.6 is 11.6 Å². The third-order valence-corrected chi connectivity index (χ3v) is 4.90. The summed E-state index contributed by atoms with van der Waals surface area (Å²) in [5.74, 6) is 0.838. The third-order valence-electron chi connectivity index (χ3n) is 4.55. The Balaban J connectivity index is 2.08. The van der Waals surface area contributed by atoms with E-state index in [2.05, 4.69) is 29.4 Å². The average Bonchev–Trinajstić information content (AvgIpc) is 3.03. The van der Waals surface area contributed by atoms with Crippen LogP contribution in [0.25, 0.3) is 11.2 Å². The highest BCUT2D eigenvalue weighted by Crippen LogP contribution is 2.18. The summed E-state index contributed by atoms with van der Waals surface area (Å²) in [5.41, 5.74) is 3.55. The Labute approximate surface area is 167 Å². The van der Waals surface area contributed by atoms with E-state index < -0.39 is 5.69 Å². The van der Waals surface area contributed by atoms with Gasteiger partial charge in [-0.1, -0.05) is 43.6 Å². The predicted octanol–water partition coefficient (Wildman–Crippen LogP) is 2.58. The van der Waals surface area contributed by atoms with Crippen molar-refractivity contribution in [2.45, 2.75) is 26.8 Å². The summed E-state index contributed by atoms with van der Waals surface area (Å²) in [6.07, 6.45) is 2.44. The summed E-state index contributed by atoms with van der Waals surface area (Å²) in [7, 11) is 3.06. The molecule has 0 saturated carbocycles. The van der Waals surface area contributed by atoms with Crippen molar-refractivity contribution in [1.29, 1.82) is 0 Å². The first kappa shape index (κ1) is 19.9. The summed E-state index contributed by atoms with van der Waals surface area (Å²) < 4.78 is 4.24. The number of hydrogen-bond acceptors (Lipinski definition) is 5. The van der Waals surface area contributed by atoms with Crippen LogP contribution in [0.3, 0.4) is 0 Å². The number of imidazole rings is 1. The summed E-state index contributed by atoms with van der Waals surface area (Å²) in [4.78, 5) is 29.4. The van der Waals surface area contributed by atoms with Crippen LogP contribution in [-0.2, 0) is 20.6 Å². The maximum atomic E-state index is 12.7. The predicted molar refractivity (Wildman–Crippen MR) is 112 cm³/mol. The lowest BCUT2D eigenvalue weighted by Crippen LogP contribution is -2.37. The first-order chi connectivity index (χ1) is 13.3.